The summed E-state index contributed by atoms with van der Waals surface area (Å²) in [5.74, 6) is 1.63. The largest absolute Gasteiger partial charge is 0.493 e. The lowest BCUT2D eigenvalue weighted by Gasteiger charge is -2.36. The van der Waals surface area contributed by atoms with Gasteiger partial charge >= 0.3 is 12.1 Å². The van der Waals surface area contributed by atoms with Gasteiger partial charge in [-0.2, -0.15) is 13.2 Å². The maximum Gasteiger partial charge on any atom is 0.416 e. The molecule has 242 valence electrons. The Hall–Kier alpha value is -3.74. The third kappa shape index (κ3) is 7.97. The number of aromatic nitrogens is 1. The summed E-state index contributed by atoms with van der Waals surface area (Å²) >= 11 is 2.84. The quantitative estimate of drug-likeness (QED) is 0.122. The molecule has 3 aromatic carbocycles. The maximum atomic E-state index is 13.2. The van der Waals surface area contributed by atoms with Gasteiger partial charge in [-0.05, 0) is 67.1 Å². The van der Waals surface area contributed by atoms with E-state index >= 15 is 0 Å². The molecule has 0 spiro atoms. The number of rotatable bonds is 11. The van der Waals surface area contributed by atoms with Gasteiger partial charge in [0, 0.05) is 55.3 Å². The topological polar surface area (TPSA) is 64.1 Å². The third-order valence-corrected chi connectivity index (χ3v) is 9.98. The average molecular weight is 670 g/mol. The van der Waals surface area contributed by atoms with Crippen LogP contribution in [0.4, 0.5) is 18.9 Å². The minimum atomic E-state index is -4.39. The summed E-state index contributed by atoms with van der Waals surface area (Å²) in [6.45, 7) is 7.23. The van der Waals surface area contributed by atoms with Gasteiger partial charge in [-0.25, -0.2) is 4.98 Å². The van der Waals surface area contributed by atoms with E-state index in [0.717, 1.165) is 72.6 Å². The van der Waals surface area contributed by atoms with Crippen LogP contribution in [0.2, 0.25) is 0 Å². The maximum absolute atomic E-state index is 13.2. The number of nitrogens with zero attached hydrogens (tertiary/aromatic N) is 3. The van der Waals surface area contributed by atoms with Crippen LogP contribution in [0.5, 0.6) is 11.5 Å². The van der Waals surface area contributed by atoms with Crippen molar-refractivity contribution < 1.29 is 32.2 Å². The number of esters is 1. The zero-order valence-electron chi connectivity index (χ0n) is 25.3. The van der Waals surface area contributed by atoms with E-state index in [9.17, 15) is 18.0 Å². The van der Waals surface area contributed by atoms with Crippen molar-refractivity contribution in [1.82, 2.24) is 9.88 Å². The number of hydrogen-bond acceptors (Lipinski definition) is 9. The molecule has 2 aliphatic heterocycles. The van der Waals surface area contributed by atoms with E-state index in [4.69, 9.17) is 19.2 Å². The molecule has 7 nitrogen and oxygen atoms in total. The molecule has 1 fully saturated rings. The molecule has 0 saturated carbocycles. The van der Waals surface area contributed by atoms with Crippen molar-refractivity contribution in [3.05, 3.63) is 88.4 Å². The van der Waals surface area contributed by atoms with Crippen LogP contribution in [0.3, 0.4) is 0 Å². The molecule has 0 bridgehead atoms. The van der Waals surface area contributed by atoms with Gasteiger partial charge in [0.1, 0.15) is 23.1 Å². The van der Waals surface area contributed by atoms with Crippen LogP contribution in [0.15, 0.2) is 71.6 Å². The summed E-state index contributed by atoms with van der Waals surface area (Å²) < 4.78 is 56.3. The molecule has 2 aliphatic rings. The zero-order valence-corrected chi connectivity index (χ0v) is 27.0. The molecule has 1 saturated heterocycles. The summed E-state index contributed by atoms with van der Waals surface area (Å²) in [5.41, 5.74) is 3.28. The van der Waals surface area contributed by atoms with Gasteiger partial charge < -0.3 is 19.1 Å². The Morgan fingerprint density at radius 3 is 2.50 bits per heavy atom. The highest BCUT2D eigenvalue weighted by Crippen LogP contribution is 2.35. The van der Waals surface area contributed by atoms with E-state index < -0.39 is 11.7 Å². The van der Waals surface area contributed by atoms with E-state index in [2.05, 4.69) is 28.0 Å². The number of ether oxygens (including phenoxy) is 3. The van der Waals surface area contributed by atoms with Crippen molar-refractivity contribution >= 4 is 34.8 Å². The number of thioether (sulfide) groups is 1. The van der Waals surface area contributed by atoms with E-state index in [1.807, 2.05) is 24.3 Å². The standard InChI is InChI=1S/C34H34F3N3O4S2/c1-2-42-32(41)22-45-28-10-8-27(9-11-28)44-21-31-29(38-33(46-31)23-3-5-25(6-4-23)34(35,36)37)20-39-14-16-40(17-15-39)26-7-12-30-24(19-26)13-18-43-30/h3-12,19H,2,13-18,20-22H2,1H3. The first-order valence-corrected chi connectivity index (χ1v) is 17.0. The lowest BCUT2D eigenvalue weighted by molar-refractivity contribution is -0.140. The van der Waals surface area contributed by atoms with E-state index in [-0.39, 0.29) is 18.3 Å². The van der Waals surface area contributed by atoms with Crippen LogP contribution in [0.25, 0.3) is 10.6 Å². The molecule has 1 aromatic heterocycles. The summed E-state index contributed by atoms with van der Waals surface area (Å²) in [6.07, 6.45) is -3.45. The van der Waals surface area contributed by atoms with Crippen molar-refractivity contribution in [3.8, 4) is 22.1 Å². The molecule has 0 amide bonds. The predicted molar refractivity (Wildman–Crippen MR) is 174 cm³/mol. The number of halogens is 3. The number of carbonyl (C=O) groups is 1. The molecule has 0 N–H and O–H groups in total. The first kappa shape index (κ1) is 32.2. The number of hydrogen-bond donors (Lipinski definition) is 0. The molecule has 46 heavy (non-hydrogen) atoms. The van der Waals surface area contributed by atoms with Gasteiger partial charge in [0.2, 0.25) is 0 Å². The third-order valence-electron chi connectivity index (χ3n) is 7.88. The average Bonchev–Trinajstić information content (AvgIpc) is 3.70. The number of fused-ring (bicyclic) bond motifs is 1. The minimum absolute atomic E-state index is 0.238. The van der Waals surface area contributed by atoms with Crippen molar-refractivity contribution in [2.75, 3.05) is 50.0 Å². The Kier molecular flexibility index (Phi) is 10.1. The highest BCUT2D eigenvalue weighted by atomic mass is 32.2. The van der Waals surface area contributed by atoms with Crippen LogP contribution in [-0.4, -0.2) is 61.0 Å². The predicted octanol–water partition coefficient (Wildman–Crippen LogP) is 7.32. The second-order valence-electron chi connectivity index (χ2n) is 11.0. The van der Waals surface area contributed by atoms with Gasteiger partial charge in [0.15, 0.2) is 0 Å². The fraction of sp³-hybridized carbons (Fsp3) is 0.353. The fourth-order valence-electron chi connectivity index (χ4n) is 5.42. The number of piperazine rings is 1. The Bertz CT molecular complexity index is 1640. The molecule has 12 heteroatoms. The zero-order chi connectivity index (χ0) is 32.1. The van der Waals surface area contributed by atoms with Gasteiger partial charge in [-0.1, -0.05) is 12.1 Å². The van der Waals surface area contributed by atoms with Gasteiger partial charge in [0.25, 0.3) is 0 Å². The molecule has 3 heterocycles. The van der Waals surface area contributed by atoms with Crippen LogP contribution in [0.1, 0.15) is 28.6 Å². The van der Waals surface area contributed by atoms with E-state index in [1.54, 1.807) is 6.92 Å². The minimum Gasteiger partial charge on any atom is -0.493 e. The summed E-state index contributed by atoms with van der Waals surface area (Å²) in [6, 6.07) is 19.1. The molecular weight excluding hydrogens is 636 g/mol. The SMILES string of the molecule is CCOC(=O)CSc1ccc(OCc2sc(-c3ccc(C(F)(F)F)cc3)nc2CN2CCN(c3ccc4c(c3)CCO4)CC2)cc1. The molecule has 6 rings (SSSR count). The molecule has 0 unspecified atom stereocenters. The first-order chi connectivity index (χ1) is 22.2. The van der Waals surface area contributed by atoms with Crippen LogP contribution in [0, 0.1) is 0 Å². The van der Waals surface area contributed by atoms with Crippen molar-refractivity contribution in [2.24, 2.45) is 0 Å². The van der Waals surface area contributed by atoms with Crippen molar-refractivity contribution in [3.63, 3.8) is 0 Å². The molecule has 0 aliphatic carbocycles. The summed E-state index contributed by atoms with van der Waals surface area (Å²) in [4.78, 5) is 23.2. The monoisotopic (exact) mass is 669 g/mol. The Balaban J connectivity index is 1.13. The lowest BCUT2D eigenvalue weighted by Crippen LogP contribution is -2.46. The first-order valence-electron chi connectivity index (χ1n) is 15.2. The van der Waals surface area contributed by atoms with Crippen molar-refractivity contribution in [2.45, 2.75) is 37.6 Å². The van der Waals surface area contributed by atoms with E-state index in [0.29, 0.717) is 29.5 Å². The van der Waals surface area contributed by atoms with Crippen LogP contribution in [-0.2, 0) is 35.3 Å². The number of alkyl halides is 3. The highest BCUT2D eigenvalue weighted by molar-refractivity contribution is 8.00. The fourth-order valence-corrected chi connectivity index (χ4v) is 7.10. The molecular formula is C34H34F3N3O4S2. The van der Waals surface area contributed by atoms with Crippen molar-refractivity contribution in [1.29, 1.82) is 0 Å². The number of benzene rings is 3. The lowest BCUT2D eigenvalue weighted by atomic mass is 10.1. The van der Waals surface area contributed by atoms with Crippen LogP contribution < -0.4 is 14.4 Å². The Morgan fingerprint density at radius 2 is 1.78 bits per heavy atom. The number of carbonyl (C=O) groups excluding carboxylic acids is 1. The van der Waals surface area contributed by atoms with Crippen LogP contribution >= 0.6 is 23.1 Å². The van der Waals surface area contributed by atoms with E-state index in [1.165, 1.54) is 46.5 Å². The van der Waals surface area contributed by atoms with Gasteiger partial charge in [0.05, 0.1) is 35.1 Å². The smallest absolute Gasteiger partial charge is 0.416 e. The van der Waals surface area contributed by atoms with Gasteiger partial charge in [-0.15, -0.1) is 23.1 Å². The molecule has 4 aromatic rings. The van der Waals surface area contributed by atoms with Gasteiger partial charge in [-0.3, -0.25) is 9.69 Å². The summed E-state index contributed by atoms with van der Waals surface area (Å²) in [7, 11) is 0. The Morgan fingerprint density at radius 1 is 1.02 bits per heavy atom. The highest BCUT2D eigenvalue weighted by Gasteiger charge is 2.30. The normalized spacial score (nSPS) is 15.0. The summed E-state index contributed by atoms with van der Waals surface area (Å²) in [5, 5.41) is 0.659. The number of thiazole rings is 1. The molecule has 0 atom stereocenters. The number of anilines is 1. The molecule has 0 radical (unpaired) electrons. The second kappa shape index (κ2) is 14.4. The Labute approximate surface area is 274 Å². The second-order valence-corrected chi connectivity index (χ2v) is 13.1.